The number of halogens is 1. The predicted molar refractivity (Wildman–Crippen MR) is 111 cm³/mol. The molecule has 0 spiro atoms. The number of nitrogens with zero attached hydrogens (tertiary/aromatic N) is 2. The molecule has 0 unspecified atom stereocenters. The van der Waals surface area contributed by atoms with Crippen molar-refractivity contribution in [2.24, 2.45) is 5.92 Å². The second kappa shape index (κ2) is 8.62. The molecule has 148 valence electrons. The number of hydrogen-bond acceptors (Lipinski definition) is 4. The van der Waals surface area contributed by atoms with E-state index in [2.05, 4.69) is 5.32 Å². The number of benzene rings is 1. The van der Waals surface area contributed by atoms with E-state index in [1.165, 1.54) is 0 Å². The number of likely N-dealkylation sites (tertiary alicyclic amines) is 1. The van der Waals surface area contributed by atoms with Gasteiger partial charge >= 0.3 is 0 Å². The van der Waals surface area contributed by atoms with E-state index in [1.54, 1.807) is 35.6 Å². The van der Waals surface area contributed by atoms with Crippen LogP contribution in [0.2, 0.25) is 5.02 Å². The Labute approximate surface area is 174 Å². The van der Waals surface area contributed by atoms with Gasteiger partial charge in [0.25, 0.3) is 5.91 Å². The smallest absolute Gasteiger partial charge is 0.253 e. The molecule has 1 aliphatic carbocycles. The maximum atomic E-state index is 12.6. The van der Waals surface area contributed by atoms with Gasteiger partial charge in [0.15, 0.2) is 0 Å². The van der Waals surface area contributed by atoms with E-state index in [9.17, 15) is 9.59 Å². The number of hydrogen-bond donors (Lipinski definition) is 1. The van der Waals surface area contributed by atoms with Crippen LogP contribution in [0.3, 0.4) is 0 Å². The zero-order valence-corrected chi connectivity index (χ0v) is 17.3. The van der Waals surface area contributed by atoms with E-state index in [4.69, 9.17) is 16.6 Å². The Morgan fingerprint density at radius 3 is 2.50 bits per heavy atom. The van der Waals surface area contributed by atoms with E-state index < -0.39 is 0 Å². The summed E-state index contributed by atoms with van der Waals surface area (Å²) in [5.74, 6) is 0.819. The first-order valence-corrected chi connectivity index (χ1v) is 11.1. The predicted octanol–water partition coefficient (Wildman–Crippen LogP) is 4.23. The van der Waals surface area contributed by atoms with Crippen LogP contribution in [0.25, 0.3) is 0 Å². The molecule has 2 amide bonds. The lowest BCUT2D eigenvalue weighted by molar-refractivity contribution is -0.127. The Morgan fingerprint density at radius 1 is 1.14 bits per heavy atom. The molecule has 5 nitrogen and oxygen atoms in total. The molecule has 0 bridgehead atoms. The molecule has 2 fully saturated rings. The van der Waals surface area contributed by atoms with Crippen LogP contribution in [0.5, 0.6) is 0 Å². The summed E-state index contributed by atoms with van der Waals surface area (Å²) in [6, 6.07) is 7.06. The van der Waals surface area contributed by atoms with E-state index >= 15 is 0 Å². The van der Waals surface area contributed by atoms with Crippen molar-refractivity contribution in [1.29, 1.82) is 0 Å². The molecule has 2 aromatic rings. The monoisotopic (exact) mass is 417 g/mol. The highest BCUT2D eigenvalue weighted by molar-refractivity contribution is 7.09. The number of piperidine rings is 1. The summed E-state index contributed by atoms with van der Waals surface area (Å²) < 4.78 is 0. The molecule has 0 radical (unpaired) electrons. The van der Waals surface area contributed by atoms with Gasteiger partial charge in [0.2, 0.25) is 5.91 Å². The Kier molecular flexibility index (Phi) is 5.97. The molecule has 7 heteroatoms. The largest absolute Gasteiger partial charge is 0.350 e. The van der Waals surface area contributed by atoms with Crippen LogP contribution in [-0.4, -0.2) is 34.8 Å². The molecule has 4 rings (SSSR count). The maximum absolute atomic E-state index is 12.6. The van der Waals surface area contributed by atoms with Crippen molar-refractivity contribution in [2.75, 3.05) is 13.1 Å². The summed E-state index contributed by atoms with van der Waals surface area (Å²) in [7, 11) is 0. The first-order valence-electron chi connectivity index (χ1n) is 9.87. The normalized spacial score (nSPS) is 18.0. The van der Waals surface area contributed by atoms with E-state index in [1.807, 2.05) is 10.3 Å². The number of amides is 2. The molecule has 0 atom stereocenters. The minimum absolute atomic E-state index is 0.0636. The number of carbonyl (C=O) groups is 2. The molecule has 1 N–H and O–H groups in total. The molecular weight excluding hydrogens is 394 g/mol. The zero-order valence-electron chi connectivity index (χ0n) is 15.7. The Morgan fingerprint density at radius 2 is 1.86 bits per heavy atom. The topological polar surface area (TPSA) is 62.3 Å². The van der Waals surface area contributed by atoms with Crippen LogP contribution < -0.4 is 5.32 Å². The summed E-state index contributed by atoms with van der Waals surface area (Å²) in [5.41, 5.74) is 1.62. The van der Waals surface area contributed by atoms with Crippen LogP contribution in [0, 0.1) is 5.92 Å². The Bertz CT molecular complexity index is 840. The summed E-state index contributed by atoms with van der Waals surface area (Å²) in [5, 5.41) is 6.80. The average Bonchev–Trinajstić information content (AvgIpc) is 3.14. The van der Waals surface area contributed by atoms with Gasteiger partial charge < -0.3 is 10.2 Å². The number of aromatic nitrogens is 1. The molecule has 2 heterocycles. The second-order valence-electron chi connectivity index (χ2n) is 7.60. The summed E-state index contributed by atoms with van der Waals surface area (Å²) in [6.45, 7) is 1.98. The van der Waals surface area contributed by atoms with Gasteiger partial charge in [-0.05, 0) is 49.9 Å². The second-order valence-corrected chi connectivity index (χ2v) is 8.92. The van der Waals surface area contributed by atoms with Gasteiger partial charge in [-0.15, -0.1) is 11.3 Å². The summed E-state index contributed by atoms with van der Waals surface area (Å²) in [6.07, 6.45) is 5.03. The van der Waals surface area contributed by atoms with E-state index in [0.29, 0.717) is 23.0 Å². The summed E-state index contributed by atoms with van der Waals surface area (Å²) >= 11 is 7.57. The molecule has 1 aromatic carbocycles. The maximum Gasteiger partial charge on any atom is 0.253 e. The first kappa shape index (κ1) is 19.4. The van der Waals surface area contributed by atoms with Crippen molar-refractivity contribution in [3.63, 3.8) is 0 Å². The quantitative estimate of drug-likeness (QED) is 0.791. The van der Waals surface area contributed by atoms with Crippen molar-refractivity contribution < 1.29 is 9.59 Å². The number of rotatable bonds is 5. The molecule has 2 aliphatic rings. The van der Waals surface area contributed by atoms with E-state index in [-0.39, 0.29) is 17.7 Å². The van der Waals surface area contributed by atoms with Gasteiger partial charge in [0, 0.05) is 40.9 Å². The van der Waals surface area contributed by atoms with Crippen molar-refractivity contribution in [3.05, 3.63) is 50.9 Å². The van der Waals surface area contributed by atoms with Gasteiger partial charge in [0.05, 0.1) is 17.2 Å². The fourth-order valence-corrected chi connectivity index (χ4v) is 4.81. The van der Waals surface area contributed by atoms with Gasteiger partial charge in [0.1, 0.15) is 0 Å². The van der Waals surface area contributed by atoms with E-state index in [0.717, 1.165) is 55.9 Å². The highest BCUT2D eigenvalue weighted by atomic mass is 35.5. The number of carbonyl (C=O) groups excluding carboxylic acids is 2. The third-order valence-electron chi connectivity index (χ3n) is 5.71. The van der Waals surface area contributed by atoms with Crippen LogP contribution in [-0.2, 0) is 11.3 Å². The Balaban J connectivity index is 1.28. The Hall–Kier alpha value is -1.92. The van der Waals surface area contributed by atoms with Crippen LogP contribution in [0.1, 0.15) is 59.1 Å². The van der Waals surface area contributed by atoms with Gasteiger partial charge in [-0.3, -0.25) is 9.59 Å². The molecule has 1 aliphatic heterocycles. The molecule has 28 heavy (non-hydrogen) atoms. The number of thiazole rings is 1. The minimum atomic E-state index is 0.0636. The zero-order chi connectivity index (χ0) is 19.5. The van der Waals surface area contributed by atoms with Crippen molar-refractivity contribution >= 4 is 34.8 Å². The highest BCUT2D eigenvalue weighted by Crippen LogP contribution is 2.31. The van der Waals surface area contributed by atoms with Gasteiger partial charge in [-0.25, -0.2) is 4.98 Å². The lowest BCUT2D eigenvalue weighted by Crippen LogP contribution is -2.37. The lowest BCUT2D eigenvalue weighted by Gasteiger charge is -2.31. The van der Waals surface area contributed by atoms with Gasteiger partial charge in [-0.2, -0.15) is 0 Å². The van der Waals surface area contributed by atoms with Crippen molar-refractivity contribution in [3.8, 4) is 0 Å². The SMILES string of the molecule is O=C(NCc1csc(C2CCN(C(=O)c3ccc(Cl)cc3)CC2)n1)C1CCC1. The van der Waals surface area contributed by atoms with Crippen LogP contribution in [0.15, 0.2) is 29.6 Å². The molecule has 1 saturated heterocycles. The average molecular weight is 418 g/mol. The standard InChI is InChI=1S/C21H24ClN3O2S/c22-17-6-4-16(5-7-17)21(27)25-10-8-15(9-11-25)20-24-18(13-28-20)12-23-19(26)14-2-1-3-14/h4-7,13-15H,1-3,8-12H2,(H,23,26). The van der Waals surface area contributed by atoms with Gasteiger partial charge in [-0.1, -0.05) is 18.0 Å². The third-order valence-corrected chi connectivity index (χ3v) is 7.02. The first-order chi connectivity index (χ1) is 13.6. The van der Waals surface area contributed by atoms with Crippen LogP contribution in [0.4, 0.5) is 0 Å². The molecular formula is C21H24ClN3O2S. The molecule has 1 aromatic heterocycles. The number of nitrogens with one attached hydrogen (secondary N) is 1. The molecule has 1 saturated carbocycles. The van der Waals surface area contributed by atoms with Crippen LogP contribution >= 0.6 is 22.9 Å². The highest BCUT2D eigenvalue weighted by Gasteiger charge is 2.27. The van der Waals surface area contributed by atoms with Crippen molar-refractivity contribution in [1.82, 2.24) is 15.2 Å². The minimum Gasteiger partial charge on any atom is -0.350 e. The third kappa shape index (κ3) is 4.39. The fraction of sp³-hybridized carbons (Fsp3) is 0.476. The lowest BCUT2D eigenvalue weighted by atomic mass is 9.85. The fourth-order valence-electron chi connectivity index (χ4n) is 3.69. The van der Waals surface area contributed by atoms with Crippen molar-refractivity contribution in [2.45, 2.75) is 44.6 Å². The summed E-state index contributed by atoms with van der Waals surface area (Å²) in [4.78, 5) is 31.2.